The normalized spacial score (nSPS) is 10.1. The number of benzene rings is 1. The van der Waals surface area contributed by atoms with Gasteiger partial charge in [-0.2, -0.15) is 0 Å². The number of methoxy groups -OCH3 is 1. The SMILES string of the molecule is COc1cccc(Sc2ccc(C(=N)N)cn2)c1. The van der Waals surface area contributed by atoms with Crippen molar-refractivity contribution in [1.29, 1.82) is 5.41 Å². The molecule has 3 N–H and O–H groups in total. The summed E-state index contributed by atoms with van der Waals surface area (Å²) >= 11 is 1.54. The molecule has 0 aliphatic heterocycles. The minimum Gasteiger partial charge on any atom is -0.497 e. The molecule has 0 unspecified atom stereocenters. The standard InChI is InChI=1S/C13H13N3OS/c1-17-10-3-2-4-11(7-10)18-12-6-5-9(8-16-12)13(14)15/h2-8H,1H3,(H3,14,15). The molecule has 0 saturated carbocycles. The number of nitrogen functional groups attached to an aromatic ring is 1. The summed E-state index contributed by atoms with van der Waals surface area (Å²) in [6, 6.07) is 11.4. The molecule has 2 aromatic rings. The van der Waals surface area contributed by atoms with Gasteiger partial charge < -0.3 is 10.5 Å². The zero-order valence-electron chi connectivity index (χ0n) is 9.88. The van der Waals surface area contributed by atoms with E-state index in [2.05, 4.69) is 4.98 Å². The molecule has 1 heterocycles. The van der Waals surface area contributed by atoms with Gasteiger partial charge in [-0.05, 0) is 30.3 Å². The van der Waals surface area contributed by atoms with Crippen molar-refractivity contribution in [1.82, 2.24) is 4.98 Å². The third-order valence-corrected chi connectivity index (χ3v) is 3.25. The van der Waals surface area contributed by atoms with E-state index in [4.69, 9.17) is 15.9 Å². The van der Waals surface area contributed by atoms with Gasteiger partial charge in [-0.15, -0.1) is 0 Å². The minimum atomic E-state index is 0.0282. The Hall–Kier alpha value is -2.01. The Morgan fingerprint density at radius 3 is 2.78 bits per heavy atom. The maximum absolute atomic E-state index is 7.29. The van der Waals surface area contributed by atoms with Gasteiger partial charge in [0, 0.05) is 16.7 Å². The van der Waals surface area contributed by atoms with E-state index in [-0.39, 0.29) is 5.84 Å². The number of ether oxygens (including phenoxy) is 1. The Balaban J connectivity index is 2.15. The predicted molar refractivity (Wildman–Crippen MR) is 72.4 cm³/mol. The molecule has 0 aliphatic carbocycles. The van der Waals surface area contributed by atoms with E-state index in [1.54, 1.807) is 19.4 Å². The van der Waals surface area contributed by atoms with Gasteiger partial charge in [-0.3, -0.25) is 5.41 Å². The van der Waals surface area contributed by atoms with Crippen molar-refractivity contribution in [2.75, 3.05) is 7.11 Å². The topological polar surface area (TPSA) is 72.0 Å². The lowest BCUT2D eigenvalue weighted by molar-refractivity contribution is 0.413. The van der Waals surface area contributed by atoms with Crippen molar-refractivity contribution < 1.29 is 4.74 Å². The zero-order chi connectivity index (χ0) is 13.0. The van der Waals surface area contributed by atoms with Crippen LogP contribution in [0.4, 0.5) is 0 Å². The number of pyridine rings is 1. The lowest BCUT2D eigenvalue weighted by Gasteiger charge is -2.04. The van der Waals surface area contributed by atoms with Crippen LogP contribution >= 0.6 is 11.8 Å². The van der Waals surface area contributed by atoms with Crippen LogP contribution in [-0.4, -0.2) is 17.9 Å². The first-order valence-corrected chi connectivity index (χ1v) is 6.13. The number of rotatable bonds is 4. The summed E-state index contributed by atoms with van der Waals surface area (Å²) in [5.41, 5.74) is 6.00. The van der Waals surface area contributed by atoms with Crippen LogP contribution in [0.3, 0.4) is 0 Å². The van der Waals surface area contributed by atoms with Crippen LogP contribution in [0.1, 0.15) is 5.56 Å². The first-order valence-electron chi connectivity index (χ1n) is 5.31. The Morgan fingerprint density at radius 2 is 2.17 bits per heavy atom. The molecule has 0 saturated heterocycles. The van der Waals surface area contributed by atoms with Gasteiger partial charge in [0.05, 0.1) is 7.11 Å². The molecule has 5 heteroatoms. The fraction of sp³-hybridized carbons (Fsp3) is 0.0769. The third-order valence-electron chi connectivity index (χ3n) is 2.31. The van der Waals surface area contributed by atoms with Crippen molar-refractivity contribution >= 4 is 17.6 Å². The minimum absolute atomic E-state index is 0.0282. The zero-order valence-corrected chi connectivity index (χ0v) is 10.7. The van der Waals surface area contributed by atoms with Gasteiger partial charge in [0.15, 0.2) is 0 Å². The van der Waals surface area contributed by atoms with E-state index in [9.17, 15) is 0 Å². The fourth-order valence-electron chi connectivity index (χ4n) is 1.39. The maximum atomic E-state index is 7.29. The van der Waals surface area contributed by atoms with Crippen LogP contribution in [0.5, 0.6) is 5.75 Å². The highest BCUT2D eigenvalue weighted by molar-refractivity contribution is 7.99. The molecule has 18 heavy (non-hydrogen) atoms. The molecule has 0 radical (unpaired) electrons. The molecule has 0 aliphatic rings. The molecule has 0 fully saturated rings. The summed E-state index contributed by atoms with van der Waals surface area (Å²) in [4.78, 5) is 5.31. The maximum Gasteiger partial charge on any atom is 0.124 e. The largest absolute Gasteiger partial charge is 0.497 e. The lowest BCUT2D eigenvalue weighted by atomic mass is 10.3. The molecule has 2 rings (SSSR count). The third kappa shape index (κ3) is 3.01. The summed E-state index contributed by atoms with van der Waals surface area (Å²) in [6.45, 7) is 0. The van der Waals surface area contributed by atoms with Crippen LogP contribution in [0.15, 0.2) is 52.5 Å². The van der Waals surface area contributed by atoms with E-state index in [0.29, 0.717) is 5.56 Å². The number of nitrogens with two attached hydrogens (primary N) is 1. The lowest BCUT2D eigenvalue weighted by Crippen LogP contribution is -2.10. The summed E-state index contributed by atoms with van der Waals surface area (Å²) in [6.07, 6.45) is 1.60. The number of amidine groups is 1. The Labute approximate surface area is 110 Å². The van der Waals surface area contributed by atoms with Crippen LogP contribution in [0, 0.1) is 5.41 Å². The van der Waals surface area contributed by atoms with Crippen molar-refractivity contribution in [2.45, 2.75) is 9.92 Å². The Morgan fingerprint density at radius 1 is 1.33 bits per heavy atom. The van der Waals surface area contributed by atoms with Crippen LogP contribution in [-0.2, 0) is 0 Å². The summed E-state index contributed by atoms with van der Waals surface area (Å²) in [7, 11) is 1.64. The van der Waals surface area contributed by atoms with Crippen LogP contribution < -0.4 is 10.5 Å². The number of nitrogens with zero attached hydrogens (tertiary/aromatic N) is 1. The molecule has 4 nitrogen and oxygen atoms in total. The Bertz CT molecular complexity index is 554. The van der Waals surface area contributed by atoms with E-state index in [1.807, 2.05) is 30.3 Å². The summed E-state index contributed by atoms with van der Waals surface area (Å²) in [5.74, 6) is 0.848. The molecule has 1 aromatic heterocycles. The number of aromatic nitrogens is 1. The number of hydrogen-bond acceptors (Lipinski definition) is 4. The van der Waals surface area contributed by atoms with E-state index in [1.165, 1.54) is 11.8 Å². The molecule has 0 bridgehead atoms. The van der Waals surface area contributed by atoms with Crippen molar-refractivity contribution in [3.8, 4) is 5.75 Å². The fourth-order valence-corrected chi connectivity index (χ4v) is 2.19. The summed E-state index contributed by atoms with van der Waals surface area (Å²) in [5, 5.41) is 8.15. The highest BCUT2D eigenvalue weighted by Gasteiger charge is 2.02. The quantitative estimate of drug-likeness (QED) is 0.653. The smallest absolute Gasteiger partial charge is 0.124 e. The van der Waals surface area contributed by atoms with Gasteiger partial charge >= 0.3 is 0 Å². The molecule has 1 aromatic carbocycles. The summed E-state index contributed by atoms with van der Waals surface area (Å²) < 4.78 is 5.16. The van der Waals surface area contributed by atoms with Crippen molar-refractivity contribution in [3.05, 3.63) is 48.2 Å². The molecular weight excluding hydrogens is 246 g/mol. The first kappa shape index (κ1) is 12.4. The highest BCUT2D eigenvalue weighted by atomic mass is 32.2. The monoisotopic (exact) mass is 259 g/mol. The number of nitrogens with one attached hydrogen (secondary N) is 1. The van der Waals surface area contributed by atoms with Crippen molar-refractivity contribution in [3.63, 3.8) is 0 Å². The van der Waals surface area contributed by atoms with E-state index >= 15 is 0 Å². The predicted octanol–water partition coefficient (Wildman–Crippen LogP) is 2.53. The van der Waals surface area contributed by atoms with Gasteiger partial charge in [-0.1, -0.05) is 17.8 Å². The molecule has 0 atom stereocenters. The molecule has 92 valence electrons. The van der Waals surface area contributed by atoms with Gasteiger partial charge in [-0.25, -0.2) is 4.98 Å². The highest BCUT2D eigenvalue weighted by Crippen LogP contribution is 2.28. The van der Waals surface area contributed by atoms with Gasteiger partial charge in [0.25, 0.3) is 0 Å². The number of hydrogen-bond donors (Lipinski definition) is 2. The van der Waals surface area contributed by atoms with Gasteiger partial charge in [0.1, 0.15) is 16.6 Å². The molecular formula is C13H13N3OS. The second kappa shape index (κ2) is 5.55. The van der Waals surface area contributed by atoms with Crippen LogP contribution in [0.25, 0.3) is 0 Å². The van der Waals surface area contributed by atoms with Crippen LogP contribution in [0.2, 0.25) is 0 Å². The Kier molecular flexibility index (Phi) is 3.84. The van der Waals surface area contributed by atoms with Crippen molar-refractivity contribution in [2.24, 2.45) is 5.73 Å². The molecule has 0 spiro atoms. The first-order chi connectivity index (χ1) is 8.69. The average molecular weight is 259 g/mol. The van der Waals surface area contributed by atoms with E-state index < -0.39 is 0 Å². The average Bonchev–Trinajstić information content (AvgIpc) is 2.39. The van der Waals surface area contributed by atoms with Gasteiger partial charge in [0.2, 0.25) is 0 Å². The molecule has 0 amide bonds. The second-order valence-corrected chi connectivity index (χ2v) is 4.67. The van der Waals surface area contributed by atoms with E-state index in [0.717, 1.165) is 15.7 Å². The second-order valence-electron chi connectivity index (χ2n) is 3.58.